The van der Waals surface area contributed by atoms with Crippen molar-refractivity contribution in [2.75, 3.05) is 37.8 Å². The first-order valence-electron chi connectivity index (χ1n) is 23.6. The Balaban J connectivity index is 1.27. The molecule has 1 aliphatic rings. The third-order valence-corrected chi connectivity index (χ3v) is 15.1. The van der Waals surface area contributed by atoms with Gasteiger partial charge in [0.25, 0.3) is 0 Å². The van der Waals surface area contributed by atoms with Gasteiger partial charge >= 0.3 is 23.5 Å². The molecule has 2 unspecified atom stereocenters. The fourth-order valence-corrected chi connectivity index (χ4v) is 10.7. The smallest absolute Gasteiger partial charge is 0.386 e. The first-order chi connectivity index (χ1) is 32.9. The number of rotatable bonds is 36. The van der Waals surface area contributed by atoms with E-state index in [0.717, 1.165) is 54.2 Å². The second-order valence-corrected chi connectivity index (χ2v) is 23.5. The van der Waals surface area contributed by atoms with Crippen molar-refractivity contribution in [3.8, 4) is 0 Å². The second kappa shape index (κ2) is 30.5. The minimum atomic E-state index is -5.58. The van der Waals surface area contributed by atoms with Crippen LogP contribution < -0.4 is 16.4 Å². The number of thioether (sulfide) groups is 1. The van der Waals surface area contributed by atoms with E-state index in [1.165, 1.54) is 90.9 Å². The molecule has 1 fully saturated rings. The molecule has 400 valence electrons. The number of aromatic nitrogens is 4. The number of phosphoric acid groups is 3. The first-order valence-corrected chi connectivity index (χ1v) is 29.1. The molecule has 0 aromatic carbocycles. The number of imidazole rings is 1. The van der Waals surface area contributed by atoms with Crippen LogP contribution in [0.4, 0.5) is 5.82 Å². The minimum absolute atomic E-state index is 0.0326. The number of allylic oxidation sites excluding steroid dienone is 1. The number of amides is 2. The number of aliphatic hydroxyl groups excluding tert-OH is 2. The van der Waals surface area contributed by atoms with Crippen molar-refractivity contribution in [1.82, 2.24) is 30.2 Å². The van der Waals surface area contributed by atoms with Crippen molar-refractivity contribution < 1.29 is 80.5 Å². The molecule has 0 bridgehead atoms. The van der Waals surface area contributed by atoms with Gasteiger partial charge in [0.05, 0.1) is 19.5 Å². The second-order valence-electron chi connectivity index (χ2n) is 18.2. The molecule has 1 saturated heterocycles. The number of ether oxygens (including phenoxy) is 1. The maximum atomic E-state index is 12.8. The molecule has 2 aromatic rings. The van der Waals surface area contributed by atoms with Gasteiger partial charge in [0, 0.05) is 30.7 Å². The van der Waals surface area contributed by atoms with Crippen LogP contribution in [-0.4, -0.2) is 123 Å². The Morgan fingerprint density at radius 2 is 1.49 bits per heavy atom. The third kappa shape index (κ3) is 23.4. The number of hydrogen-bond acceptors (Lipinski definition) is 18. The summed E-state index contributed by atoms with van der Waals surface area (Å²) in [7, 11) is -16.4. The van der Waals surface area contributed by atoms with Crippen molar-refractivity contribution in [3.05, 3.63) is 24.8 Å². The molecule has 3 rings (SSSR count). The van der Waals surface area contributed by atoms with Gasteiger partial charge < -0.3 is 50.9 Å². The zero-order valence-corrected chi connectivity index (χ0v) is 43.9. The van der Waals surface area contributed by atoms with E-state index >= 15 is 0 Å². The van der Waals surface area contributed by atoms with Gasteiger partial charge in [-0.3, -0.25) is 32.5 Å². The van der Waals surface area contributed by atoms with E-state index in [9.17, 15) is 57.9 Å². The zero-order chi connectivity index (χ0) is 52.0. The van der Waals surface area contributed by atoms with E-state index in [1.807, 2.05) is 6.08 Å². The fraction of sp³-hybridized carbons (Fsp3) is 0.762. The van der Waals surface area contributed by atoms with Gasteiger partial charge in [0.1, 0.15) is 36.3 Å². The molecule has 24 nitrogen and oxygen atoms in total. The summed E-state index contributed by atoms with van der Waals surface area (Å²) in [4.78, 5) is 88.4. The Morgan fingerprint density at radius 3 is 2.10 bits per heavy atom. The van der Waals surface area contributed by atoms with Gasteiger partial charge in [-0.1, -0.05) is 129 Å². The SMILES string of the molecule is CC(C)CCCCCCCCCCCCCCC/C=C/C(=O)SCCNC(=O)CCNC(=O)[C@@H](O)C(C)(C)COP(=O)(O)OP(=O)(O)OC[C@@H]1O[C@H](n2cnc3c(N)ncnc32)[C@@H](O)[C@H]1OP(=O)(O)O. The zero-order valence-electron chi connectivity index (χ0n) is 40.4. The first kappa shape index (κ1) is 61.6. The lowest BCUT2D eigenvalue weighted by molar-refractivity contribution is -0.137. The van der Waals surface area contributed by atoms with Crippen LogP contribution in [0.25, 0.3) is 11.2 Å². The van der Waals surface area contributed by atoms with Crippen LogP contribution >= 0.6 is 35.2 Å². The predicted molar refractivity (Wildman–Crippen MR) is 260 cm³/mol. The highest BCUT2D eigenvalue weighted by molar-refractivity contribution is 8.14. The molecule has 10 N–H and O–H groups in total. The van der Waals surface area contributed by atoms with Crippen molar-refractivity contribution in [3.63, 3.8) is 0 Å². The Hall–Kier alpha value is -2.70. The highest BCUT2D eigenvalue weighted by atomic mass is 32.2. The summed E-state index contributed by atoms with van der Waals surface area (Å²) < 4.78 is 62.5. The van der Waals surface area contributed by atoms with E-state index in [0.29, 0.717) is 5.75 Å². The summed E-state index contributed by atoms with van der Waals surface area (Å²) in [5, 5.41) is 26.5. The van der Waals surface area contributed by atoms with Gasteiger partial charge in [-0.05, 0) is 24.8 Å². The minimum Gasteiger partial charge on any atom is -0.386 e. The summed E-state index contributed by atoms with van der Waals surface area (Å²) >= 11 is 1.07. The third-order valence-electron chi connectivity index (χ3n) is 11.2. The standard InChI is InChI=1S/C42H74N7O17P3S/c1-30(2)20-18-16-14-12-10-8-6-5-7-9-11-13-15-17-19-21-33(51)70-25-24-44-32(50)22-23-45-40(54)37(53)42(3,4)27-63-69(60,61)66-68(58,59)62-26-31-36(65-67(55,56)57)35(52)41(64-31)49-29-48-34-38(43)46-28-47-39(34)49/h19,21,28-31,35-37,41,52-53H,5-18,20,22-27H2,1-4H3,(H,44,50)(H,45,54)(H,58,59)(H,60,61)(H2,43,46,47)(H2,55,56,57)/b21-19+/t31-,35-,36-,37+,41-/m0/s1. The molecule has 2 amide bonds. The topological polar surface area (TPSA) is 364 Å². The van der Waals surface area contributed by atoms with Crippen LogP contribution in [0, 0.1) is 11.3 Å². The van der Waals surface area contributed by atoms with Gasteiger partial charge in [0.15, 0.2) is 17.7 Å². The number of aliphatic hydroxyl groups is 2. The maximum absolute atomic E-state index is 12.8. The number of carbonyl (C=O) groups excluding carboxylic acids is 3. The molecule has 2 aromatic heterocycles. The van der Waals surface area contributed by atoms with Crippen LogP contribution in [0.1, 0.15) is 137 Å². The normalized spacial score (nSPS) is 19.9. The molecule has 70 heavy (non-hydrogen) atoms. The average Bonchev–Trinajstić information content (AvgIpc) is 3.84. The molecule has 28 heteroatoms. The monoisotopic (exact) mass is 1070 g/mol. The lowest BCUT2D eigenvalue weighted by atomic mass is 9.87. The number of carbonyl (C=O) groups is 3. The Morgan fingerprint density at radius 1 is 0.886 bits per heavy atom. The summed E-state index contributed by atoms with van der Waals surface area (Å²) in [6, 6.07) is 0. The largest absolute Gasteiger partial charge is 0.481 e. The molecule has 1 aliphatic heterocycles. The number of nitrogens with two attached hydrogens (primary N) is 1. The molecular formula is C42H74N7O17P3S. The number of phosphoric ester groups is 3. The Labute approximate surface area is 413 Å². The van der Waals surface area contributed by atoms with Crippen molar-refractivity contribution in [1.29, 1.82) is 0 Å². The van der Waals surface area contributed by atoms with Crippen LogP contribution in [0.15, 0.2) is 24.8 Å². The van der Waals surface area contributed by atoms with E-state index in [1.54, 1.807) is 6.08 Å². The van der Waals surface area contributed by atoms with Crippen LogP contribution in [0.3, 0.4) is 0 Å². The molecule has 3 heterocycles. The van der Waals surface area contributed by atoms with Crippen LogP contribution in [-0.2, 0) is 50.7 Å². The van der Waals surface area contributed by atoms with Crippen LogP contribution in [0.2, 0.25) is 0 Å². The number of unbranched alkanes of at least 4 members (excludes halogenated alkanes) is 13. The summed E-state index contributed by atoms with van der Waals surface area (Å²) in [6.45, 7) is 5.10. The summed E-state index contributed by atoms with van der Waals surface area (Å²) in [6.07, 6.45) is 15.4. The van der Waals surface area contributed by atoms with E-state index in [-0.39, 0.29) is 41.6 Å². The molecule has 0 saturated carbocycles. The Kier molecular flexibility index (Phi) is 26.8. The lowest BCUT2D eigenvalue weighted by Crippen LogP contribution is -2.46. The Bertz CT molecular complexity index is 2110. The van der Waals surface area contributed by atoms with Gasteiger partial charge in [-0.15, -0.1) is 0 Å². The van der Waals surface area contributed by atoms with Crippen molar-refractivity contribution in [2.24, 2.45) is 11.3 Å². The predicted octanol–water partition coefficient (Wildman–Crippen LogP) is 5.73. The number of nitrogens with one attached hydrogen (secondary N) is 2. The summed E-state index contributed by atoms with van der Waals surface area (Å²) in [5.41, 5.74) is 4.28. The van der Waals surface area contributed by atoms with Gasteiger partial charge in [0.2, 0.25) is 16.9 Å². The van der Waals surface area contributed by atoms with E-state index in [4.69, 9.17) is 19.5 Å². The molecule has 7 atom stereocenters. The number of anilines is 1. The van der Waals surface area contributed by atoms with Crippen molar-refractivity contribution >= 4 is 69.1 Å². The number of fused-ring (bicyclic) bond motifs is 1. The number of hydrogen-bond donors (Lipinski definition) is 9. The maximum Gasteiger partial charge on any atom is 0.481 e. The van der Waals surface area contributed by atoms with Crippen LogP contribution in [0.5, 0.6) is 0 Å². The molecular weight excluding hydrogens is 999 g/mol. The number of nitrogen functional groups attached to an aromatic ring is 1. The highest BCUT2D eigenvalue weighted by Gasteiger charge is 2.50. The van der Waals surface area contributed by atoms with Crippen molar-refractivity contribution in [2.45, 2.75) is 161 Å². The number of nitrogens with zero attached hydrogens (tertiary/aromatic N) is 4. The average molecular weight is 1070 g/mol. The molecule has 0 spiro atoms. The molecule has 0 radical (unpaired) electrons. The quantitative estimate of drug-likeness (QED) is 0.0223. The highest BCUT2D eigenvalue weighted by Crippen LogP contribution is 2.61. The molecule has 0 aliphatic carbocycles. The van der Waals surface area contributed by atoms with Gasteiger partial charge in [-0.25, -0.2) is 28.6 Å². The fourth-order valence-electron chi connectivity index (χ4n) is 7.27. The van der Waals surface area contributed by atoms with E-state index < -0.39 is 84.6 Å². The van der Waals surface area contributed by atoms with E-state index in [2.05, 4.69) is 48.3 Å². The van der Waals surface area contributed by atoms with Gasteiger partial charge in [-0.2, -0.15) is 4.31 Å². The lowest BCUT2D eigenvalue weighted by Gasteiger charge is -2.30. The summed E-state index contributed by atoms with van der Waals surface area (Å²) in [5.74, 6) is -0.282.